The van der Waals surface area contributed by atoms with E-state index in [0.717, 1.165) is 28.0 Å². The van der Waals surface area contributed by atoms with E-state index >= 15 is 0 Å². The van der Waals surface area contributed by atoms with Gasteiger partial charge < -0.3 is 5.11 Å². The number of benzene rings is 3. The molecule has 0 bridgehead atoms. The zero-order valence-corrected chi connectivity index (χ0v) is 18.5. The summed E-state index contributed by atoms with van der Waals surface area (Å²) in [6.45, 7) is 2.30. The van der Waals surface area contributed by atoms with Gasteiger partial charge in [-0.25, -0.2) is 9.79 Å². The molecule has 2 aliphatic rings. The number of nitrogens with zero attached hydrogens (tertiary/aromatic N) is 1. The van der Waals surface area contributed by atoms with Crippen LogP contribution < -0.4 is 16.2 Å². The third-order valence-electron chi connectivity index (χ3n) is 6.63. The van der Waals surface area contributed by atoms with Gasteiger partial charge in [0.2, 0.25) is 0 Å². The molecule has 0 saturated heterocycles. The molecule has 0 amide bonds. The van der Waals surface area contributed by atoms with E-state index in [0.29, 0.717) is 29.1 Å². The standard InChI is InChI=1S/C28H21N3O3/c1-16-11-13-18(14-12-16)21-22-24(19-9-5-6-10-20(19)25(22)32)29-26-23(21)27(33)30-28(34)31(26)15-17-7-3-2-4-8-17/h2-14,21,32H,15H2,1H3,(H,30,33,34)/p+1. The molecule has 6 heteroatoms. The number of nitrogens with one attached hydrogen (secondary N) is 2. The van der Waals surface area contributed by atoms with Gasteiger partial charge in [0.05, 0.1) is 11.5 Å². The molecule has 0 fully saturated rings. The highest BCUT2D eigenvalue weighted by molar-refractivity contribution is 6.21. The van der Waals surface area contributed by atoms with Crippen molar-refractivity contribution in [1.82, 2.24) is 9.55 Å². The number of aryl methyl sites for hydroxylation is 1. The number of H-pyrrole nitrogens is 1. The molecule has 1 atom stereocenters. The lowest BCUT2D eigenvalue weighted by atomic mass is 9.81. The minimum absolute atomic E-state index is 0.148. The van der Waals surface area contributed by atoms with Crippen molar-refractivity contribution in [3.05, 3.63) is 139 Å². The van der Waals surface area contributed by atoms with Gasteiger partial charge in [0, 0.05) is 11.1 Å². The normalized spacial score (nSPS) is 16.0. The summed E-state index contributed by atoms with van der Waals surface area (Å²) in [5.41, 5.74) is 5.30. The van der Waals surface area contributed by atoms with Crippen molar-refractivity contribution in [2.75, 3.05) is 0 Å². The summed E-state index contributed by atoms with van der Waals surface area (Å²) in [5.74, 6) is 0.0617. The van der Waals surface area contributed by atoms with Gasteiger partial charge in [0.1, 0.15) is 23.6 Å². The minimum Gasteiger partial charge on any atom is -0.507 e. The van der Waals surface area contributed by atoms with Gasteiger partial charge in [-0.05, 0) is 24.1 Å². The van der Waals surface area contributed by atoms with Crippen molar-refractivity contribution in [2.24, 2.45) is 0 Å². The summed E-state index contributed by atoms with van der Waals surface area (Å²) in [6, 6.07) is 25.2. The predicted molar refractivity (Wildman–Crippen MR) is 131 cm³/mol. The molecule has 1 unspecified atom stereocenters. The molecule has 0 spiro atoms. The monoisotopic (exact) mass is 448 g/mol. The number of hydrogen-bond acceptors (Lipinski definition) is 3. The van der Waals surface area contributed by atoms with Crippen molar-refractivity contribution in [2.45, 2.75) is 19.4 Å². The number of aliphatic hydroxyl groups is 1. The van der Waals surface area contributed by atoms with Crippen LogP contribution in [0.5, 0.6) is 0 Å². The fourth-order valence-corrected chi connectivity index (χ4v) is 4.99. The lowest BCUT2D eigenvalue weighted by Crippen LogP contribution is -2.72. The Morgan fingerprint density at radius 2 is 1.59 bits per heavy atom. The number of hydrogen-bond donors (Lipinski definition) is 3. The van der Waals surface area contributed by atoms with Crippen LogP contribution in [0.4, 0.5) is 5.82 Å². The number of aliphatic hydroxyl groups excluding tert-OH is 1. The van der Waals surface area contributed by atoms with E-state index in [1.54, 1.807) is 4.57 Å². The summed E-state index contributed by atoms with van der Waals surface area (Å²) < 4.78 is 1.56. The first-order chi connectivity index (χ1) is 16.5. The molecular formula is C28H22N3O3+. The van der Waals surface area contributed by atoms with E-state index in [4.69, 9.17) is 0 Å². The van der Waals surface area contributed by atoms with Crippen LogP contribution in [0.1, 0.15) is 39.3 Å². The molecule has 166 valence electrons. The van der Waals surface area contributed by atoms with E-state index in [1.807, 2.05) is 85.8 Å². The SMILES string of the molecule is Cc1ccc(C2C3=C(O)c4ccccc4C3=[NH+]c3c2c(=O)[nH]c(=O)n3Cc2ccccc2)cc1. The Labute approximate surface area is 195 Å². The highest BCUT2D eigenvalue weighted by atomic mass is 16.3. The second-order valence-corrected chi connectivity index (χ2v) is 8.74. The van der Waals surface area contributed by atoms with Crippen LogP contribution in [0, 0.1) is 6.92 Å². The molecule has 2 heterocycles. The molecule has 6 nitrogen and oxygen atoms in total. The lowest BCUT2D eigenvalue weighted by Gasteiger charge is -2.23. The third-order valence-corrected chi connectivity index (χ3v) is 6.63. The molecule has 1 aliphatic carbocycles. The smallest absolute Gasteiger partial charge is 0.416 e. The number of rotatable bonds is 3. The molecule has 4 aromatic rings. The fraction of sp³-hybridized carbons (Fsp3) is 0.107. The van der Waals surface area contributed by atoms with Gasteiger partial charge >= 0.3 is 5.69 Å². The van der Waals surface area contributed by atoms with E-state index in [-0.39, 0.29) is 5.76 Å². The first kappa shape index (κ1) is 20.2. The summed E-state index contributed by atoms with van der Waals surface area (Å²) in [4.78, 5) is 32.2. The Morgan fingerprint density at radius 1 is 0.912 bits per heavy atom. The summed E-state index contributed by atoms with van der Waals surface area (Å²) >= 11 is 0. The Hall–Kier alpha value is -4.45. The number of allylic oxidation sites excluding steroid dienone is 1. The highest BCUT2D eigenvalue weighted by Gasteiger charge is 2.44. The van der Waals surface area contributed by atoms with Gasteiger partial charge in [0.25, 0.3) is 11.4 Å². The Bertz CT molecular complexity index is 1620. The fourth-order valence-electron chi connectivity index (χ4n) is 4.99. The second kappa shape index (κ2) is 7.56. The van der Waals surface area contributed by atoms with Crippen LogP contribution in [-0.2, 0) is 6.54 Å². The third kappa shape index (κ3) is 2.99. The van der Waals surface area contributed by atoms with Gasteiger partial charge in [-0.3, -0.25) is 9.78 Å². The van der Waals surface area contributed by atoms with Gasteiger partial charge in [0.15, 0.2) is 0 Å². The molecule has 0 saturated carbocycles. The summed E-state index contributed by atoms with van der Waals surface area (Å²) in [5, 5.41) is 11.3. The quantitative estimate of drug-likeness (QED) is 0.450. The van der Waals surface area contributed by atoms with Crippen LogP contribution in [0.3, 0.4) is 0 Å². The minimum atomic E-state index is -0.536. The molecule has 1 aliphatic heterocycles. The highest BCUT2D eigenvalue weighted by Crippen LogP contribution is 2.43. The molecule has 3 N–H and O–H groups in total. The van der Waals surface area contributed by atoms with Crippen LogP contribution in [0.2, 0.25) is 0 Å². The molecule has 6 rings (SSSR count). The van der Waals surface area contributed by atoms with E-state index in [9.17, 15) is 14.7 Å². The second-order valence-electron chi connectivity index (χ2n) is 8.74. The van der Waals surface area contributed by atoms with Gasteiger partial charge in [-0.2, -0.15) is 4.57 Å². The Kier molecular flexibility index (Phi) is 4.48. The molecule has 1 aromatic heterocycles. The summed E-state index contributed by atoms with van der Waals surface area (Å²) in [7, 11) is 0. The van der Waals surface area contributed by atoms with E-state index < -0.39 is 17.2 Å². The molecule has 3 aromatic carbocycles. The molecular weight excluding hydrogens is 426 g/mol. The summed E-state index contributed by atoms with van der Waals surface area (Å²) in [6.07, 6.45) is 0. The first-order valence-electron chi connectivity index (χ1n) is 11.2. The van der Waals surface area contributed by atoms with Gasteiger partial charge in [-0.15, -0.1) is 0 Å². The van der Waals surface area contributed by atoms with Crippen molar-refractivity contribution in [1.29, 1.82) is 0 Å². The predicted octanol–water partition coefficient (Wildman–Crippen LogP) is 2.52. The molecule has 34 heavy (non-hydrogen) atoms. The van der Waals surface area contributed by atoms with Crippen molar-refractivity contribution < 1.29 is 10.1 Å². The van der Waals surface area contributed by atoms with Crippen LogP contribution in [0.15, 0.2) is 94.0 Å². The number of fused-ring (bicyclic) bond motifs is 4. The van der Waals surface area contributed by atoms with Crippen molar-refractivity contribution in [3.63, 3.8) is 0 Å². The first-order valence-corrected chi connectivity index (χ1v) is 11.2. The lowest BCUT2D eigenvalue weighted by molar-refractivity contribution is -0.364. The zero-order chi connectivity index (χ0) is 23.4. The van der Waals surface area contributed by atoms with Crippen LogP contribution in [0.25, 0.3) is 5.76 Å². The number of aromatic nitrogens is 2. The maximum absolute atomic E-state index is 13.3. The van der Waals surface area contributed by atoms with E-state index in [2.05, 4.69) is 9.98 Å². The Balaban J connectivity index is 1.68. The van der Waals surface area contributed by atoms with E-state index in [1.165, 1.54) is 0 Å². The van der Waals surface area contributed by atoms with Crippen LogP contribution >= 0.6 is 0 Å². The van der Waals surface area contributed by atoms with Gasteiger partial charge in [-0.1, -0.05) is 78.4 Å². The van der Waals surface area contributed by atoms with Crippen molar-refractivity contribution >= 4 is 17.3 Å². The topological polar surface area (TPSA) is 89.1 Å². The zero-order valence-electron chi connectivity index (χ0n) is 18.5. The maximum atomic E-state index is 13.3. The average Bonchev–Trinajstić information content (AvgIpc) is 3.14. The Morgan fingerprint density at radius 3 is 2.32 bits per heavy atom. The number of aromatic amines is 1. The molecule has 0 radical (unpaired) electrons. The van der Waals surface area contributed by atoms with Crippen molar-refractivity contribution in [3.8, 4) is 0 Å². The maximum Gasteiger partial charge on any atom is 0.416 e. The average molecular weight is 449 g/mol. The largest absolute Gasteiger partial charge is 0.507 e. The van der Waals surface area contributed by atoms with Crippen LogP contribution in [-0.4, -0.2) is 20.4 Å².